The minimum absolute atomic E-state index is 0.0342. The summed E-state index contributed by atoms with van der Waals surface area (Å²) in [6, 6.07) is 24.5. The van der Waals surface area contributed by atoms with E-state index in [1.165, 1.54) is 29.5 Å². The molecule has 21 nitrogen and oxygen atoms in total. The van der Waals surface area contributed by atoms with Crippen LogP contribution in [0.25, 0.3) is 11.2 Å². The largest absolute Gasteiger partial charge is 0.497 e. The number of phosphoric acid groups is 1. The van der Waals surface area contributed by atoms with E-state index < -0.39 is 82.6 Å². The van der Waals surface area contributed by atoms with E-state index in [2.05, 4.69) is 65.7 Å². The average molecular weight is 1060 g/mol. The van der Waals surface area contributed by atoms with E-state index in [4.69, 9.17) is 41.9 Å². The van der Waals surface area contributed by atoms with Gasteiger partial charge >= 0.3 is 19.6 Å². The Kier molecular flexibility index (Phi) is 16.2. The van der Waals surface area contributed by atoms with E-state index in [0.29, 0.717) is 17.1 Å². The third kappa shape index (κ3) is 11.6. The number of aromatic nitrogens is 6. The number of fused-ring (bicyclic) bond motifs is 1. The van der Waals surface area contributed by atoms with Gasteiger partial charge in [-0.25, -0.2) is 29.1 Å². The zero-order valence-electron chi connectivity index (χ0n) is 42.5. The van der Waals surface area contributed by atoms with Crippen LogP contribution in [0.2, 0.25) is 18.1 Å². The van der Waals surface area contributed by atoms with Gasteiger partial charge in [-0.3, -0.25) is 33.3 Å². The highest BCUT2D eigenvalue weighted by atomic mass is 31.2. The fourth-order valence-corrected chi connectivity index (χ4v) is 11.0. The zero-order chi connectivity index (χ0) is 53.0. The van der Waals surface area contributed by atoms with Gasteiger partial charge in [-0.05, 0) is 66.0 Å². The Bertz CT molecular complexity index is 3040. The smallest absolute Gasteiger partial charge is 0.472 e. The maximum absolute atomic E-state index is 14.4. The summed E-state index contributed by atoms with van der Waals surface area (Å²) in [5, 5.41) is 2.35. The molecule has 6 aromatic rings. The number of H-pyrrole nitrogens is 1. The first-order valence-electron chi connectivity index (χ1n) is 23.9. The number of aromatic amines is 1. The summed E-state index contributed by atoms with van der Waals surface area (Å²) in [6.45, 7) is 14.8. The quantitative estimate of drug-likeness (QED) is 0.0284. The molecule has 394 valence electrons. The van der Waals surface area contributed by atoms with E-state index in [1.807, 2.05) is 78.9 Å². The summed E-state index contributed by atoms with van der Waals surface area (Å²) in [7, 11) is -4.36. The molecule has 0 radical (unpaired) electrons. The van der Waals surface area contributed by atoms with Gasteiger partial charge in [0.25, 0.3) is 5.56 Å². The van der Waals surface area contributed by atoms with Gasteiger partial charge in [0.1, 0.15) is 60.8 Å². The summed E-state index contributed by atoms with van der Waals surface area (Å²) in [5.74, 6) is 1.32. The molecule has 0 aliphatic carbocycles. The molecule has 2 fully saturated rings. The maximum atomic E-state index is 14.4. The number of carbonyl (C=O) groups is 1. The average Bonchev–Trinajstić information content (AvgIpc) is 4.11. The minimum atomic E-state index is -5.02. The first-order valence-corrected chi connectivity index (χ1v) is 28.3. The second kappa shape index (κ2) is 22.3. The lowest BCUT2D eigenvalue weighted by Crippen LogP contribution is -2.46. The molecule has 8 rings (SSSR count). The predicted molar refractivity (Wildman–Crippen MR) is 275 cm³/mol. The third-order valence-corrected chi connectivity index (χ3v) is 19.1. The fourth-order valence-electron chi connectivity index (χ4n) is 8.70. The van der Waals surface area contributed by atoms with Gasteiger partial charge in [-0.2, -0.15) is 0 Å². The summed E-state index contributed by atoms with van der Waals surface area (Å²) in [6.07, 6.45) is -0.799. The molecular formula is C51H62N7O14PSi. The number of anilines is 1. The number of rotatable bonds is 20. The number of imidazole rings is 1. The van der Waals surface area contributed by atoms with Crippen LogP contribution in [0.1, 0.15) is 68.3 Å². The molecule has 2 saturated heterocycles. The molecule has 5 heterocycles. The number of carbonyl (C=O) groups excluding carboxylic acids is 1. The van der Waals surface area contributed by atoms with Gasteiger partial charge in [0, 0.05) is 24.6 Å². The van der Waals surface area contributed by atoms with Crippen molar-refractivity contribution in [3.05, 3.63) is 153 Å². The fraction of sp³-hybridized carbons (Fsp3) is 0.412. The van der Waals surface area contributed by atoms with Crippen molar-refractivity contribution >= 4 is 39.2 Å². The van der Waals surface area contributed by atoms with Crippen LogP contribution < -0.4 is 26.0 Å². The Balaban J connectivity index is 1.13. The molecule has 23 heteroatoms. The Morgan fingerprint density at radius 3 is 2.08 bits per heavy atom. The molecule has 3 aromatic carbocycles. The number of benzene rings is 3. The number of nitrogens with one attached hydrogen (secondary N) is 2. The van der Waals surface area contributed by atoms with Crippen molar-refractivity contribution in [1.82, 2.24) is 29.1 Å². The normalized spacial score (nSPS) is 21.0. The third-order valence-electron chi connectivity index (χ3n) is 13.6. The first-order chi connectivity index (χ1) is 35.2. The number of hydrogen-bond donors (Lipinski definition) is 3. The van der Waals surface area contributed by atoms with E-state index in [0.717, 1.165) is 16.7 Å². The van der Waals surface area contributed by atoms with Crippen LogP contribution in [-0.4, -0.2) is 107 Å². The summed E-state index contributed by atoms with van der Waals surface area (Å²) >= 11 is 0. The molecule has 1 unspecified atom stereocenters. The SMILES string of the molecule is C=CCOC(=O)Nc1ncnc2c1ncn2[C@H]1C[C@H](OP(=O)(O)OC[C@H]2O[C@@H](n3cc(C)c(=O)[nH]c3=O)C[C@@H]2O[Si](C)(C)C(C)(C)C)[C@@H](COC(c2ccccc2)(c2ccc(OC)cc2)c2ccc(OC)cc2)O1. The summed E-state index contributed by atoms with van der Waals surface area (Å²) in [4.78, 5) is 65.1. The number of ether oxygens (including phenoxy) is 6. The number of methoxy groups -OCH3 is 2. The number of amides is 1. The molecule has 2 aliphatic rings. The van der Waals surface area contributed by atoms with Crippen LogP contribution in [0.3, 0.4) is 0 Å². The lowest BCUT2D eigenvalue weighted by molar-refractivity contribution is -0.0939. The molecule has 0 saturated carbocycles. The molecule has 3 aromatic heterocycles. The van der Waals surface area contributed by atoms with E-state index in [1.54, 1.807) is 25.7 Å². The highest BCUT2D eigenvalue weighted by Crippen LogP contribution is 2.51. The van der Waals surface area contributed by atoms with Crippen LogP contribution in [0.15, 0.2) is 120 Å². The van der Waals surface area contributed by atoms with Crippen LogP contribution in [0.5, 0.6) is 11.5 Å². The first kappa shape index (κ1) is 53.9. The van der Waals surface area contributed by atoms with Gasteiger partial charge in [-0.15, -0.1) is 0 Å². The van der Waals surface area contributed by atoms with Gasteiger partial charge in [0.15, 0.2) is 25.3 Å². The topological polar surface area (TPSA) is 248 Å². The Hall–Kier alpha value is -6.33. The number of nitrogens with zero attached hydrogens (tertiary/aromatic N) is 5. The molecule has 2 aliphatic heterocycles. The monoisotopic (exact) mass is 1060 g/mol. The van der Waals surface area contributed by atoms with E-state index >= 15 is 0 Å². The highest BCUT2D eigenvalue weighted by Gasteiger charge is 2.49. The lowest BCUT2D eigenvalue weighted by atomic mass is 9.80. The van der Waals surface area contributed by atoms with Gasteiger partial charge in [0.2, 0.25) is 0 Å². The predicted octanol–water partition coefficient (Wildman–Crippen LogP) is 7.91. The van der Waals surface area contributed by atoms with Crippen molar-refractivity contribution in [1.29, 1.82) is 0 Å². The summed E-state index contributed by atoms with van der Waals surface area (Å²) < 4.78 is 72.6. The minimum Gasteiger partial charge on any atom is -0.497 e. The van der Waals surface area contributed by atoms with Crippen molar-refractivity contribution < 1.29 is 56.1 Å². The van der Waals surface area contributed by atoms with Gasteiger partial charge in [0.05, 0.1) is 39.9 Å². The van der Waals surface area contributed by atoms with E-state index in [9.17, 15) is 23.8 Å². The number of hydrogen-bond acceptors (Lipinski definition) is 16. The molecule has 0 bridgehead atoms. The van der Waals surface area contributed by atoms with Crippen molar-refractivity contribution in [2.75, 3.05) is 39.4 Å². The Morgan fingerprint density at radius 2 is 1.47 bits per heavy atom. The van der Waals surface area contributed by atoms with E-state index in [-0.39, 0.29) is 48.1 Å². The van der Waals surface area contributed by atoms with Crippen LogP contribution >= 0.6 is 7.82 Å². The maximum Gasteiger partial charge on any atom is 0.472 e. The molecule has 3 N–H and O–H groups in total. The molecule has 7 atom stereocenters. The Morgan fingerprint density at radius 1 is 0.878 bits per heavy atom. The standard InChI is InChI=1S/C51H62N7O14PSi/c1-10-24-66-49(61)55-45-44-46(53-30-52-45)58(31-54-44)43-25-38(71-73(62,63)68-29-41-39(72-74(8,9)50(3,4)5)26-42(70-41)57-27-32(2)47(59)56-48(57)60)40(69-43)28-67-51(33-14-12-11-13-15-33,34-16-20-36(64-6)21-17-34)35-18-22-37(65-7)23-19-35/h10-23,27,30-31,38-43H,1,24-26,28-29H2,2-9H3,(H,62,63)(H,56,59,60)(H,52,53,55,61)/t38-,39-,40+,41+,42+,43+/m0/s1. The molecule has 0 spiro atoms. The zero-order valence-corrected chi connectivity index (χ0v) is 44.4. The van der Waals surface area contributed by atoms with Crippen LogP contribution in [0, 0.1) is 6.92 Å². The second-order valence-electron chi connectivity index (χ2n) is 19.4. The highest BCUT2D eigenvalue weighted by molar-refractivity contribution is 7.47. The lowest BCUT2D eigenvalue weighted by Gasteiger charge is -2.39. The number of aryl methyl sites for hydroxylation is 1. The molecule has 1 amide bonds. The molecular weight excluding hydrogens is 994 g/mol. The second-order valence-corrected chi connectivity index (χ2v) is 25.6. The van der Waals surface area contributed by atoms with Crippen molar-refractivity contribution in [2.45, 2.75) is 101 Å². The Labute approximate surface area is 428 Å². The number of phosphoric ester groups is 1. The van der Waals surface area contributed by atoms with Gasteiger partial charge in [-0.1, -0.05) is 88.0 Å². The summed E-state index contributed by atoms with van der Waals surface area (Å²) in [5.41, 5.74) is 0.466. The van der Waals surface area contributed by atoms with Crippen molar-refractivity contribution in [2.24, 2.45) is 0 Å². The van der Waals surface area contributed by atoms with Crippen molar-refractivity contribution in [3.8, 4) is 11.5 Å². The van der Waals surface area contributed by atoms with Crippen LogP contribution in [0.4, 0.5) is 10.6 Å². The molecule has 74 heavy (non-hydrogen) atoms. The van der Waals surface area contributed by atoms with Crippen molar-refractivity contribution in [3.63, 3.8) is 0 Å². The van der Waals surface area contributed by atoms with Crippen LogP contribution in [-0.2, 0) is 42.6 Å². The van der Waals surface area contributed by atoms with Gasteiger partial charge < -0.3 is 37.7 Å².